The molecule has 1 aromatic heterocycles. The summed E-state index contributed by atoms with van der Waals surface area (Å²) in [5, 5.41) is 0. The number of piperazine rings is 1. The molecule has 0 spiro atoms. The van der Waals surface area contributed by atoms with Gasteiger partial charge in [-0.3, -0.25) is 9.69 Å². The molecule has 1 aromatic carbocycles. The van der Waals surface area contributed by atoms with Crippen molar-refractivity contribution >= 4 is 23.4 Å². The van der Waals surface area contributed by atoms with Gasteiger partial charge in [-0.05, 0) is 25.1 Å². The van der Waals surface area contributed by atoms with Crippen molar-refractivity contribution in [2.75, 3.05) is 55.6 Å². The smallest absolute Gasteiger partial charge is 0.325 e. The molecule has 2 aromatic rings. The summed E-state index contributed by atoms with van der Waals surface area (Å²) < 4.78 is 0. The first-order chi connectivity index (χ1) is 13.6. The van der Waals surface area contributed by atoms with E-state index in [0.29, 0.717) is 26.2 Å². The van der Waals surface area contributed by atoms with Crippen molar-refractivity contribution in [2.24, 2.45) is 0 Å². The highest BCUT2D eigenvalue weighted by Gasteiger charge is 2.32. The number of nitrogens with zero attached hydrogens (tertiary/aromatic N) is 6. The molecule has 0 N–H and O–H groups in total. The van der Waals surface area contributed by atoms with E-state index in [0.717, 1.165) is 30.2 Å². The maximum atomic E-state index is 12.7. The van der Waals surface area contributed by atoms with Crippen LogP contribution in [-0.2, 0) is 4.79 Å². The lowest BCUT2D eigenvalue weighted by atomic mass is 10.2. The van der Waals surface area contributed by atoms with Crippen molar-refractivity contribution in [3.8, 4) is 0 Å². The quantitative estimate of drug-likeness (QED) is 0.801. The highest BCUT2D eigenvalue weighted by atomic mass is 16.2. The zero-order chi connectivity index (χ0) is 19.5. The molecule has 146 valence electrons. The van der Waals surface area contributed by atoms with Gasteiger partial charge >= 0.3 is 6.03 Å². The van der Waals surface area contributed by atoms with Crippen molar-refractivity contribution in [1.82, 2.24) is 19.8 Å². The number of anilines is 2. The Morgan fingerprint density at radius 3 is 2.43 bits per heavy atom. The van der Waals surface area contributed by atoms with E-state index in [2.05, 4.69) is 14.9 Å². The predicted molar refractivity (Wildman–Crippen MR) is 106 cm³/mol. The molecule has 0 saturated carbocycles. The van der Waals surface area contributed by atoms with Crippen LogP contribution in [0, 0.1) is 6.92 Å². The summed E-state index contributed by atoms with van der Waals surface area (Å²) in [6, 6.07) is 9.66. The first kappa shape index (κ1) is 18.2. The Hall–Kier alpha value is -3.16. The van der Waals surface area contributed by atoms with Crippen molar-refractivity contribution in [1.29, 1.82) is 0 Å². The summed E-state index contributed by atoms with van der Waals surface area (Å²) in [4.78, 5) is 41.0. The van der Waals surface area contributed by atoms with E-state index in [1.807, 2.05) is 42.2 Å². The van der Waals surface area contributed by atoms with Gasteiger partial charge in [0, 0.05) is 51.2 Å². The van der Waals surface area contributed by atoms with Crippen LogP contribution in [-0.4, -0.2) is 77.5 Å². The molecule has 4 rings (SSSR count). The van der Waals surface area contributed by atoms with Gasteiger partial charge in [-0.25, -0.2) is 14.8 Å². The minimum absolute atomic E-state index is 0.00134. The second-order valence-corrected chi connectivity index (χ2v) is 7.13. The number of aryl methyl sites for hydroxylation is 1. The van der Waals surface area contributed by atoms with Gasteiger partial charge in [-0.2, -0.15) is 0 Å². The summed E-state index contributed by atoms with van der Waals surface area (Å²) in [6.07, 6.45) is 3.25. The Morgan fingerprint density at radius 1 is 1.00 bits per heavy atom. The first-order valence-corrected chi connectivity index (χ1v) is 9.54. The fourth-order valence-electron chi connectivity index (χ4n) is 3.61. The predicted octanol–water partition coefficient (Wildman–Crippen LogP) is 1.38. The minimum atomic E-state index is -0.100. The zero-order valence-electron chi connectivity index (χ0n) is 16.0. The van der Waals surface area contributed by atoms with E-state index in [-0.39, 0.29) is 18.5 Å². The van der Waals surface area contributed by atoms with Crippen LogP contribution in [0.4, 0.5) is 16.3 Å². The Bertz CT molecular complexity index is 834. The van der Waals surface area contributed by atoms with Crippen LogP contribution in [0.15, 0.2) is 42.9 Å². The fourth-order valence-corrected chi connectivity index (χ4v) is 3.61. The standard InChI is InChI=1S/C20H24N6O2/c1-16-2-4-17(5-3-16)26-13-12-25(20(26)28)14-19(27)24-10-8-23(9-11-24)18-6-7-21-15-22-18/h2-7,15H,8-14H2,1H3. The molecule has 2 saturated heterocycles. The SMILES string of the molecule is Cc1ccc(N2CCN(CC(=O)N3CCN(c4ccncn4)CC3)C2=O)cc1. The van der Waals surface area contributed by atoms with E-state index in [1.165, 1.54) is 6.33 Å². The van der Waals surface area contributed by atoms with Crippen molar-refractivity contribution in [2.45, 2.75) is 6.92 Å². The Morgan fingerprint density at radius 2 is 1.75 bits per heavy atom. The molecule has 3 amide bonds. The number of carbonyl (C=O) groups excluding carboxylic acids is 2. The van der Waals surface area contributed by atoms with E-state index in [1.54, 1.807) is 16.0 Å². The van der Waals surface area contributed by atoms with Crippen molar-refractivity contribution in [3.05, 3.63) is 48.4 Å². The molecule has 0 aliphatic carbocycles. The second-order valence-electron chi connectivity index (χ2n) is 7.13. The van der Waals surface area contributed by atoms with Gasteiger partial charge in [0.1, 0.15) is 18.7 Å². The molecule has 0 unspecified atom stereocenters. The minimum Gasteiger partial charge on any atom is -0.353 e. The number of hydrogen-bond donors (Lipinski definition) is 0. The summed E-state index contributed by atoms with van der Waals surface area (Å²) >= 11 is 0. The molecular weight excluding hydrogens is 356 g/mol. The Balaban J connectivity index is 1.31. The van der Waals surface area contributed by atoms with Crippen LogP contribution in [0.3, 0.4) is 0 Å². The normalized spacial score (nSPS) is 17.4. The number of hydrogen-bond acceptors (Lipinski definition) is 5. The zero-order valence-corrected chi connectivity index (χ0v) is 16.0. The number of rotatable bonds is 4. The van der Waals surface area contributed by atoms with Crippen LogP contribution in [0.25, 0.3) is 0 Å². The van der Waals surface area contributed by atoms with E-state index in [4.69, 9.17) is 0 Å². The second kappa shape index (κ2) is 7.84. The summed E-state index contributed by atoms with van der Waals surface area (Å²) in [5.41, 5.74) is 2.03. The summed E-state index contributed by atoms with van der Waals surface area (Å²) in [7, 11) is 0. The fraction of sp³-hybridized carbons (Fsp3) is 0.400. The molecule has 2 fully saturated rings. The summed E-state index contributed by atoms with van der Waals surface area (Å²) in [5.74, 6) is 0.881. The van der Waals surface area contributed by atoms with Gasteiger partial charge in [0.15, 0.2) is 0 Å². The van der Waals surface area contributed by atoms with Crippen LogP contribution in [0.5, 0.6) is 0 Å². The number of urea groups is 1. The van der Waals surface area contributed by atoms with Gasteiger partial charge in [-0.1, -0.05) is 17.7 Å². The van der Waals surface area contributed by atoms with Crippen LogP contribution < -0.4 is 9.80 Å². The molecule has 28 heavy (non-hydrogen) atoms. The molecule has 0 atom stereocenters. The third-order valence-corrected chi connectivity index (χ3v) is 5.29. The van der Waals surface area contributed by atoms with Crippen molar-refractivity contribution in [3.63, 3.8) is 0 Å². The van der Waals surface area contributed by atoms with Gasteiger partial charge < -0.3 is 14.7 Å². The maximum absolute atomic E-state index is 12.7. The van der Waals surface area contributed by atoms with E-state index < -0.39 is 0 Å². The maximum Gasteiger partial charge on any atom is 0.325 e. The number of amides is 3. The number of benzene rings is 1. The van der Waals surface area contributed by atoms with Gasteiger partial charge in [0.2, 0.25) is 5.91 Å². The molecular formula is C20H24N6O2. The van der Waals surface area contributed by atoms with E-state index >= 15 is 0 Å². The number of carbonyl (C=O) groups is 2. The topological polar surface area (TPSA) is 72.9 Å². The largest absolute Gasteiger partial charge is 0.353 e. The highest BCUT2D eigenvalue weighted by Crippen LogP contribution is 2.21. The third-order valence-electron chi connectivity index (χ3n) is 5.29. The molecule has 3 heterocycles. The molecule has 8 heteroatoms. The lowest BCUT2D eigenvalue weighted by Crippen LogP contribution is -2.51. The summed E-state index contributed by atoms with van der Waals surface area (Å²) in [6.45, 7) is 6.05. The average molecular weight is 380 g/mol. The molecule has 2 aliphatic rings. The van der Waals surface area contributed by atoms with Gasteiger partial charge in [0.05, 0.1) is 0 Å². The van der Waals surface area contributed by atoms with E-state index in [9.17, 15) is 9.59 Å². The third kappa shape index (κ3) is 3.76. The van der Waals surface area contributed by atoms with Crippen LogP contribution in [0.1, 0.15) is 5.56 Å². The molecule has 0 radical (unpaired) electrons. The average Bonchev–Trinajstić information content (AvgIpc) is 3.09. The Labute approximate surface area is 164 Å². The lowest BCUT2D eigenvalue weighted by molar-refractivity contribution is -0.131. The molecule has 8 nitrogen and oxygen atoms in total. The monoisotopic (exact) mass is 380 g/mol. The first-order valence-electron chi connectivity index (χ1n) is 9.54. The lowest BCUT2D eigenvalue weighted by Gasteiger charge is -2.36. The van der Waals surface area contributed by atoms with Crippen LogP contribution >= 0.6 is 0 Å². The molecule has 0 bridgehead atoms. The number of aromatic nitrogens is 2. The molecule has 2 aliphatic heterocycles. The van der Waals surface area contributed by atoms with Crippen molar-refractivity contribution < 1.29 is 9.59 Å². The van der Waals surface area contributed by atoms with Gasteiger partial charge in [0.25, 0.3) is 0 Å². The van der Waals surface area contributed by atoms with Gasteiger partial charge in [-0.15, -0.1) is 0 Å². The van der Waals surface area contributed by atoms with Crippen LogP contribution in [0.2, 0.25) is 0 Å². The Kier molecular flexibility index (Phi) is 5.10. The highest BCUT2D eigenvalue weighted by molar-refractivity contribution is 5.96.